The minimum absolute atomic E-state index is 0.00501. The first-order valence-electron chi connectivity index (χ1n) is 12.0. The van der Waals surface area contributed by atoms with Gasteiger partial charge in [0.1, 0.15) is 16.8 Å². The van der Waals surface area contributed by atoms with E-state index in [2.05, 4.69) is 9.97 Å². The van der Waals surface area contributed by atoms with Crippen LogP contribution in [0.4, 0.5) is 14.7 Å². The molecule has 0 spiro atoms. The van der Waals surface area contributed by atoms with E-state index >= 15 is 0 Å². The average molecular weight is 529 g/mol. The van der Waals surface area contributed by atoms with E-state index in [1.807, 2.05) is 35.2 Å². The van der Waals surface area contributed by atoms with Crippen LogP contribution < -0.4 is 9.64 Å². The molecule has 3 heterocycles. The number of anilines is 1. The molecule has 2 aliphatic rings. The number of carbonyl (C=O) groups excluding carboxylic acids is 1. The Bertz CT molecular complexity index is 1400. The number of amides is 1. The highest BCUT2D eigenvalue weighted by atomic mass is 32.2. The third-order valence-corrected chi connectivity index (χ3v) is 7.84. The van der Waals surface area contributed by atoms with E-state index < -0.39 is 38.2 Å². The van der Waals surface area contributed by atoms with Gasteiger partial charge in [0.2, 0.25) is 11.9 Å². The smallest absolute Gasteiger partial charge is 0.225 e. The monoisotopic (exact) mass is 528 g/mol. The zero-order chi connectivity index (χ0) is 26.2. The predicted molar refractivity (Wildman–Crippen MR) is 133 cm³/mol. The normalized spacial score (nSPS) is 20.4. The molecule has 0 saturated carbocycles. The second kappa shape index (κ2) is 10.0. The molecule has 2 fully saturated rings. The number of piperidine rings is 1. The van der Waals surface area contributed by atoms with Crippen molar-refractivity contribution in [1.82, 2.24) is 14.9 Å². The van der Waals surface area contributed by atoms with Gasteiger partial charge in [-0.3, -0.25) is 4.79 Å². The van der Waals surface area contributed by atoms with Gasteiger partial charge in [-0.1, -0.05) is 30.3 Å². The van der Waals surface area contributed by atoms with Crippen molar-refractivity contribution in [1.29, 1.82) is 0 Å². The molecule has 2 aromatic carbocycles. The number of hydrogen-bond acceptors (Lipinski definition) is 7. The number of nitrogens with zero attached hydrogens (tertiary/aromatic N) is 4. The highest BCUT2D eigenvalue weighted by molar-refractivity contribution is 7.90. The number of sulfone groups is 1. The highest BCUT2D eigenvalue weighted by Gasteiger charge is 2.40. The number of rotatable bonds is 6. The van der Waals surface area contributed by atoms with Gasteiger partial charge in [0.05, 0.1) is 12.6 Å². The van der Waals surface area contributed by atoms with E-state index in [0.29, 0.717) is 37.9 Å². The predicted octanol–water partition coefficient (Wildman–Crippen LogP) is 3.47. The minimum atomic E-state index is -3.95. The third-order valence-electron chi connectivity index (χ3n) is 6.73. The summed E-state index contributed by atoms with van der Waals surface area (Å²) in [5.74, 6) is -2.05. The molecule has 0 bridgehead atoms. The molecule has 37 heavy (non-hydrogen) atoms. The molecule has 1 unspecified atom stereocenters. The molecule has 0 radical (unpaired) electrons. The number of benzene rings is 2. The van der Waals surface area contributed by atoms with Gasteiger partial charge in [-0.2, -0.15) is 0 Å². The molecule has 0 N–H and O–H groups in total. The largest absolute Gasteiger partial charge is 0.483 e. The lowest BCUT2D eigenvalue weighted by Gasteiger charge is -2.42. The number of carbonyl (C=O) groups is 1. The van der Waals surface area contributed by atoms with Gasteiger partial charge in [-0.25, -0.2) is 27.2 Å². The van der Waals surface area contributed by atoms with Crippen molar-refractivity contribution >= 4 is 21.7 Å². The summed E-state index contributed by atoms with van der Waals surface area (Å²) >= 11 is 0. The van der Waals surface area contributed by atoms with E-state index in [9.17, 15) is 22.0 Å². The fourth-order valence-corrected chi connectivity index (χ4v) is 5.62. The first-order chi connectivity index (χ1) is 17.7. The number of hydrogen-bond donors (Lipinski definition) is 0. The summed E-state index contributed by atoms with van der Waals surface area (Å²) in [5.41, 5.74) is 1.84. The number of ether oxygens (including phenoxy) is 1. The van der Waals surface area contributed by atoms with E-state index in [1.165, 1.54) is 0 Å². The Morgan fingerprint density at radius 2 is 1.73 bits per heavy atom. The van der Waals surface area contributed by atoms with Gasteiger partial charge in [0, 0.05) is 49.8 Å². The average Bonchev–Trinajstić information content (AvgIpc) is 3.31. The van der Waals surface area contributed by atoms with Crippen molar-refractivity contribution in [2.45, 2.75) is 36.3 Å². The Morgan fingerprint density at radius 1 is 1.00 bits per heavy atom. The summed E-state index contributed by atoms with van der Waals surface area (Å²) < 4.78 is 58.9. The van der Waals surface area contributed by atoms with Crippen LogP contribution in [0.5, 0.6) is 5.75 Å². The standard InChI is InChI=1S/C26H26F2N4O4S/c1-37(34,35)24-13-19(27)22(12-20(24)28)36-23-16-31(11-9-21(23)32-10-5-8-25(32)33)26-29-14-18(15-30-26)17-6-3-2-4-7-17/h2-4,6-7,12-15,21,23H,5,8-11,16H2,1H3/t21?,23-/m1/s1. The minimum Gasteiger partial charge on any atom is -0.483 e. The zero-order valence-electron chi connectivity index (χ0n) is 20.2. The van der Waals surface area contributed by atoms with E-state index in [0.717, 1.165) is 29.9 Å². The molecule has 2 atom stereocenters. The van der Waals surface area contributed by atoms with Crippen molar-refractivity contribution in [2.24, 2.45) is 0 Å². The second-order valence-corrected chi connectivity index (χ2v) is 11.3. The number of likely N-dealkylation sites (tertiary alicyclic amines) is 1. The molecule has 8 nitrogen and oxygen atoms in total. The van der Waals surface area contributed by atoms with Crippen LogP contribution in [0.25, 0.3) is 11.1 Å². The molecule has 0 aliphatic carbocycles. The Morgan fingerprint density at radius 3 is 2.38 bits per heavy atom. The summed E-state index contributed by atoms with van der Waals surface area (Å²) in [7, 11) is -3.95. The molecule has 2 aliphatic heterocycles. The lowest BCUT2D eigenvalue weighted by molar-refractivity contribution is -0.132. The Labute approximate surface area is 213 Å². The Balaban J connectivity index is 1.41. The molecule has 2 saturated heterocycles. The summed E-state index contributed by atoms with van der Waals surface area (Å²) in [4.78, 5) is 24.4. The maximum atomic E-state index is 14.8. The summed E-state index contributed by atoms with van der Waals surface area (Å²) in [6.45, 7) is 1.34. The van der Waals surface area contributed by atoms with Crippen molar-refractivity contribution < 1.29 is 26.7 Å². The first kappa shape index (κ1) is 25.1. The molecular formula is C26H26F2N4O4S. The zero-order valence-corrected chi connectivity index (χ0v) is 21.0. The van der Waals surface area contributed by atoms with Gasteiger partial charge in [0.25, 0.3) is 0 Å². The van der Waals surface area contributed by atoms with E-state index in [1.54, 1.807) is 17.3 Å². The van der Waals surface area contributed by atoms with Crippen molar-refractivity contribution in [3.8, 4) is 16.9 Å². The van der Waals surface area contributed by atoms with Crippen LogP contribution in [0.2, 0.25) is 0 Å². The quantitative estimate of drug-likeness (QED) is 0.484. The number of halogens is 2. The van der Waals surface area contributed by atoms with Crippen LogP contribution in [0.15, 0.2) is 59.8 Å². The van der Waals surface area contributed by atoms with Gasteiger partial charge in [-0.05, 0) is 24.5 Å². The highest BCUT2D eigenvalue weighted by Crippen LogP contribution is 2.31. The van der Waals surface area contributed by atoms with Crippen LogP contribution in [-0.2, 0) is 14.6 Å². The Hall–Kier alpha value is -3.60. The van der Waals surface area contributed by atoms with Crippen molar-refractivity contribution in [3.63, 3.8) is 0 Å². The van der Waals surface area contributed by atoms with Crippen LogP contribution in [0.1, 0.15) is 19.3 Å². The van der Waals surface area contributed by atoms with E-state index in [-0.39, 0.29) is 18.5 Å². The SMILES string of the molecule is CS(=O)(=O)c1cc(F)c(O[C@@H]2CN(c3ncc(-c4ccccc4)cn3)CCC2N2CCCC2=O)cc1F. The molecule has 194 valence electrons. The lowest BCUT2D eigenvalue weighted by atomic mass is 10.00. The molecule has 1 aromatic heterocycles. The fraction of sp³-hybridized carbons (Fsp3) is 0.346. The summed E-state index contributed by atoms with van der Waals surface area (Å²) in [5, 5.41) is 0. The summed E-state index contributed by atoms with van der Waals surface area (Å²) in [6, 6.07) is 10.7. The topological polar surface area (TPSA) is 92.7 Å². The molecule has 5 rings (SSSR count). The maximum Gasteiger partial charge on any atom is 0.225 e. The molecule has 1 amide bonds. The van der Waals surface area contributed by atoms with Gasteiger partial charge >= 0.3 is 0 Å². The lowest BCUT2D eigenvalue weighted by Crippen LogP contribution is -2.57. The number of aromatic nitrogens is 2. The third kappa shape index (κ3) is 5.27. The van der Waals surface area contributed by atoms with Crippen molar-refractivity contribution in [2.75, 3.05) is 30.8 Å². The van der Waals surface area contributed by atoms with Crippen LogP contribution in [0, 0.1) is 11.6 Å². The first-order valence-corrected chi connectivity index (χ1v) is 13.9. The van der Waals surface area contributed by atoms with Gasteiger partial charge in [-0.15, -0.1) is 0 Å². The fourth-order valence-electron chi connectivity index (χ4n) is 4.89. The summed E-state index contributed by atoms with van der Waals surface area (Å²) in [6.07, 6.45) is 5.22. The van der Waals surface area contributed by atoms with Crippen LogP contribution in [-0.4, -0.2) is 67.2 Å². The molecular weight excluding hydrogens is 502 g/mol. The maximum absolute atomic E-state index is 14.8. The van der Waals surface area contributed by atoms with Crippen LogP contribution in [0.3, 0.4) is 0 Å². The second-order valence-electron chi connectivity index (χ2n) is 9.27. The van der Waals surface area contributed by atoms with Crippen LogP contribution >= 0.6 is 0 Å². The van der Waals surface area contributed by atoms with Gasteiger partial charge < -0.3 is 14.5 Å². The Kier molecular flexibility index (Phi) is 6.80. The van der Waals surface area contributed by atoms with Gasteiger partial charge in [0.15, 0.2) is 21.4 Å². The van der Waals surface area contributed by atoms with Crippen molar-refractivity contribution in [3.05, 3.63) is 66.5 Å². The molecule has 3 aromatic rings. The van der Waals surface area contributed by atoms with E-state index in [4.69, 9.17) is 4.74 Å². The molecule has 11 heteroatoms.